The third-order valence-electron chi connectivity index (χ3n) is 4.52. The van der Waals surface area contributed by atoms with E-state index in [1.807, 2.05) is 17.0 Å². The van der Waals surface area contributed by atoms with Crippen LogP contribution in [-0.2, 0) is 16.1 Å². The van der Waals surface area contributed by atoms with Crippen molar-refractivity contribution in [3.05, 3.63) is 36.0 Å². The van der Waals surface area contributed by atoms with Crippen molar-refractivity contribution in [1.82, 2.24) is 9.47 Å². The van der Waals surface area contributed by atoms with Gasteiger partial charge in [0.05, 0.1) is 5.56 Å². The smallest absolute Gasteiger partial charge is 0.289 e. The minimum absolute atomic E-state index is 0.0377. The Morgan fingerprint density at radius 2 is 1.67 bits per heavy atom. The maximum Gasteiger partial charge on any atom is 0.289 e. The van der Waals surface area contributed by atoms with Crippen molar-refractivity contribution in [2.75, 3.05) is 13.1 Å². The largest absolute Gasteiger partial charge is 0.363 e. The van der Waals surface area contributed by atoms with Crippen molar-refractivity contribution >= 4 is 28.5 Å². The fraction of sp³-hybridized carbons (Fsp3) is 0.389. The zero-order chi connectivity index (χ0) is 17.1. The Kier molecular flexibility index (Phi) is 4.64. The third kappa shape index (κ3) is 3.18. The van der Waals surface area contributed by atoms with E-state index < -0.39 is 11.7 Å². The summed E-state index contributed by atoms with van der Waals surface area (Å²) >= 11 is 0. The van der Waals surface area contributed by atoms with Gasteiger partial charge in [0.15, 0.2) is 0 Å². The Balaban J connectivity index is 1.90. The van der Waals surface area contributed by atoms with Gasteiger partial charge in [-0.2, -0.15) is 0 Å². The van der Waals surface area contributed by atoms with Gasteiger partial charge in [-0.15, -0.1) is 0 Å². The van der Waals surface area contributed by atoms with E-state index in [1.54, 1.807) is 22.9 Å². The molecule has 0 atom stereocenters. The summed E-state index contributed by atoms with van der Waals surface area (Å²) in [6.07, 6.45) is 5.95. The van der Waals surface area contributed by atoms with Gasteiger partial charge in [0.25, 0.3) is 11.7 Å². The van der Waals surface area contributed by atoms with Crippen LogP contribution in [0, 0.1) is 0 Å². The molecule has 0 spiro atoms. The lowest BCUT2D eigenvalue weighted by molar-refractivity contribution is -0.131. The van der Waals surface area contributed by atoms with Crippen LogP contribution >= 0.6 is 0 Å². The number of likely N-dealkylation sites (tertiary alicyclic amines) is 1. The summed E-state index contributed by atoms with van der Waals surface area (Å²) in [5.41, 5.74) is 6.14. The summed E-state index contributed by atoms with van der Waals surface area (Å²) in [6, 6.07) is 7.23. The summed E-state index contributed by atoms with van der Waals surface area (Å²) in [7, 11) is 0. The summed E-state index contributed by atoms with van der Waals surface area (Å²) in [5, 5.41) is 0.643. The van der Waals surface area contributed by atoms with Gasteiger partial charge in [-0.1, -0.05) is 31.0 Å². The van der Waals surface area contributed by atoms with Gasteiger partial charge < -0.3 is 15.2 Å². The lowest BCUT2D eigenvalue weighted by atomic mass is 10.1. The number of carbonyl (C=O) groups is 3. The number of nitrogens with zero attached hydrogens (tertiary/aromatic N) is 2. The highest BCUT2D eigenvalue weighted by Gasteiger charge is 2.21. The van der Waals surface area contributed by atoms with Crippen LogP contribution in [0.15, 0.2) is 30.5 Å². The second kappa shape index (κ2) is 6.86. The number of amides is 2. The molecule has 1 aromatic carbocycles. The number of Topliss-reactive ketones (excluding diaryl/α,β-unsaturated/α-hetero) is 1. The van der Waals surface area contributed by atoms with Crippen LogP contribution in [-0.4, -0.2) is 40.2 Å². The lowest BCUT2D eigenvalue weighted by Crippen LogP contribution is -2.34. The molecule has 2 N–H and O–H groups in total. The standard InChI is InChI=1S/C18H21N3O3/c19-18(24)17(23)14-11-21(15-8-4-3-7-13(14)15)12-16(22)20-9-5-1-2-6-10-20/h3-4,7-8,11H,1-2,5-6,9-10,12H2,(H2,19,24). The molecule has 24 heavy (non-hydrogen) atoms. The molecule has 2 aromatic rings. The van der Waals surface area contributed by atoms with Crippen LogP contribution in [0.5, 0.6) is 0 Å². The molecule has 1 aliphatic heterocycles. The maximum absolute atomic E-state index is 12.6. The first-order valence-electron chi connectivity index (χ1n) is 8.27. The normalized spacial score (nSPS) is 15.2. The van der Waals surface area contributed by atoms with Crippen molar-refractivity contribution in [2.24, 2.45) is 5.73 Å². The van der Waals surface area contributed by atoms with E-state index in [1.165, 1.54) is 0 Å². The first-order valence-corrected chi connectivity index (χ1v) is 8.27. The Labute approximate surface area is 140 Å². The molecule has 0 radical (unpaired) electrons. The quantitative estimate of drug-likeness (QED) is 0.685. The van der Waals surface area contributed by atoms with Gasteiger partial charge in [0.1, 0.15) is 6.54 Å². The second-order valence-electron chi connectivity index (χ2n) is 6.18. The van der Waals surface area contributed by atoms with Crippen LogP contribution < -0.4 is 5.73 Å². The highest BCUT2D eigenvalue weighted by atomic mass is 16.2. The van der Waals surface area contributed by atoms with E-state index in [0.717, 1.165) is 44.3 Å². The van der Waals surface area contributed by atoms with E-state index in [0.29, 0.717) is 5.39 Å². The summed E-state index contributed by atoms with van der Waals surface area (Å²) in [5.74, 6) is -1.68. The van der Waals surface area contributed by atoms with Gasteiger partial charge >= 0.3 is 0 Å². The summed E-state index contributed by atoms with van der Waals surface area (Å²) in [4.78, 5) is 37.8. The van der Waals surface area contributed by atoms with Gasteiger partial charge in [-0.3, -0.25) is 14.4 Å². The molecule has 0 unspecified atom stereocenters. The SMILES string of the molecule is NC(=O)C(=O)c1cn(CC(=O)N2CCCCCC2)c2ccccc12. The Morgan fingerprint density at radius 3 is 2.33 bits per heavy atom. The van der Waals surface area contributed by atoms with Crippen molar-refractivity contribution < 1.29 is 14.4 Å². The van der Waals surface area contributed by atoms with Crippen molar-refractivity contribution in [2.45, 2.75) is 32.2 Å². The molecule has 1 aromatic heterocycles. The molecule has 0 aliphatic carbocycles. The van der Waals surface area contributed by atoms with Crippen LogP contribution in [0.4, 0.5) is 0 Å². The number of aromatic nitrogens is 1. The van der Waals surface area contributed by atoms with Crippen molar-refractivity contribution in [3.63, 3.8) is 0 Å². The average molecular weight is 327 g/mol. The zero-order valence-corrected chi connectivity index (χ0v) is 13.5. The highest BCUT2D eigenvalue weighted by Crippen LogP contribution is 2.22. The average Bonchev–Trinajstić information content (AvgIpc) is 2.76. The van der Waals surface area contributed by atoms with Crippen LogP contribution in [0.3, 0.4) is 0 Å². The number of hydrogen-bond acceptors (Lipinski definition) is 3. The van der Waals surface area contributed by atoms with Gasteiger partial charge in [0, 0.05) is 30.2 Å². The molecule has 6 heteroatoms. The van der Waals surface area contributed by atoms with E-state index >= 15 is 0 Å². The molecule has 126 valence electrons. The second-order valence-corrected chi connectivity index (χ2v) is 6.18. The molecular weight excluding hydrogens is 306 g/mol. The predicted octanol–water partition coefficient (Wildman–Crippen LogP) is 1.71. The Hall–Kier alpha value is -2.63. The van der Waals surface area contributed by atoms with E-state index in [4.69, 9.17) is 5.73 Å². The maximum atomic E-state index is 12.6. The first-order chi connectivity index (χ1) is 11.6. The molecule has 3 rings (SSSR count). The fourth-order valence-corrected chi connectivity index (χ4v) is 3.26. The number of hydrogen-bond donors (Lipinski definition) is 1. The zero-order valence-electron chi connectivity index (χ0n) is 13.5. The molecular formula is C18H21N3O3. The van der Waals surface area contributed by atoms with E-state index in [-0.39, 0.29) is 18.0 Å². The van der Waals surface area contributed by atoms with E-state index in [9.17, 15) is 14.4 Å². The molecule has 2 amide bonds. The molecule has 1 fully saturated rings. The number of para-hydroxylation sites is 1. The number of fused-ring (bicyclic) bond motifs is 1. The van der Waals surface area contributed by atoms with E-state index in [2.05, 4.69) is 0 Å². The van der Waals surface area contributed by atoms with Crippen LogP contribution in [0.2, 0.25) is 0 Å². The number of ketones is 1. The van der Waals surface area contributed by atoms with Gasteiger partial charge in [-0.25, -0.2) is 0 Å². The summed E-state index contributed by atoms with van der Waals surface area (Å²) < 4.78 is 1.73. The number of benzene rings is 1. The molecule has 0 saturated carbocycles. The molecule has 6 nitrogen and oxygen atoms in total. The van der Waals surface area contributed by atoms with Crippen LogP contribution in [0.1, 0.15) is 36.0 Å². The molecule has 1 saturated heterocycles. The van der Waals surface area contributed by atoms with Crippen LogP contribution in [0.25, 0.3) is 10.9 Å². The minimum atomic E-state index is -0.989. The molecule has 2 heterocycles. The Bertz CT molecular complexity index is 786. The monoisotopic (exact) mass is 327 g/mol. The Morgan fingerprint density at radius 1 is 1.00 bits per heavy atom. The predicted molar refractivity (Wildman–Crippen MR) is 90.5 cm³/mol. The first kappa shape index (κ1) is 16.2. The minimum Gasteiger partial charge on any atom is -0.363 e. The van der Waals surface area contributed by atoms with Crippen molar-refractivity contribution in [1.29, 1.82) is 0 Å². The highest BCUT2D eigenvalue weighted by molar-refractivity contribution is 6.44. The van der Waals surface area contributed by atoms with Gasteiger partial charge in [0.2, 0.25) is 5.91 Å². The summed E-state index contributed by atoms with van der Waals surface area (Å²) in [6.45, 7) is 1.72. The fourth-order valence-electron chi connectivity index (χ4n) is 3.26. The third-order valence-corrected chi connectivity index (χ3v) is 4.52. The topological polar surface area (TPSA) is 85.4 Å². The molecule has 0 bridgehead atoms. The number of carbonyl (C=O) groups excluding carboxylic acids is 3. The molecule has 1 aliphatic rings. The number of rotatable bonds is 4. The van der Waals surface area contributed by atoms with Gasteiger partial charge in [-0.05, 0) is 18.9 Å². The number of primary amides is 1. The van der Waals surface area contributed by atoms with Crippen molar-refractivity contribution in [3.8, 4) is 0 Å². The lowest BCUT2D eigenvalue weighted by Gasteiger charge is -2.20. The number of nitrogens with two attached hydrogens (primary N) is 1.